The van der Waals surface area contributed by atoms with Gasteiger partial charge in [0.2, 0.25) is 5.91 Å². The molecule has 11 nitrogen and oxygen atoms in total. The van der Waals surface area contributed by atoms with Gasteiger partial charge >= 0.3 is 0 Å². The fraction of sp³-hybridized carbons (Fsp3) is 0.526. The maximum atomic E-state index is 12.3. The normalized spacial score (nSPS) is 11.3. The molecule has 1 aromatic carbocycles. The molecule has 1 unspecified atom stereocenters. The van der Waals surface area contributed by atoms with E-state index in [1.165, 1.54) is 0 Å². The molecule has 0 aliphatic carbocycles. The van der Waals surface area contributed by atoms with Crippen LogP contribution in [0.3, 0.4) is 0 Å². The van der Waals surface area contributed by atoms with Crippen LogP contribution in [-0.2, 0) is 11.2 Å². The number of hydrogen-bond donors (Lipinski definition) is 5. The molecule has 9 N–H and O–H groups in total. The second-order valence-electron chi connectivity index (χ2n) is 6.88. The van der Waals surface area contributed by atoms with Gasteiger partial charge in [0.05, 0.1) is 15.6 Å². The molecule has 0 saturated carbocycles. The predicted molar refractivity (Wildman–Crippen MR) is 133 cm³/mol. The first-order valence-corrected chi connectivity index (χ1v) is 11.6. The molecule has 0 spiro atoms. The topological polar surface area (TPSA) is 197 Å². The van der Waals surface area contributed by atoms with Gasteiger partial charge in [-0.3, -0.25) is 14.8 Å². The fourth-order valence-corrected chi connectivity index (χ4v) is 4.15. The van der Waals surface area contributed by atoms with Crippen LogP contribution in [0.25, 0.3) is 0 Å². The van der Waals surface area contributed by atoms with E-state index in [1.54, 1.807) is 12.1 Å². The van der Waals surface area contributed by atoms with Crippen LogP contribution in [0.15, 0.2) is 36.2 Å². The molecule has 0 fully saturated rings. The van der Waals surface area contributed by atoms with Gasteiger partial charge in [0.15, 0.2) is 18.0 Å². The van der Waals surface area contributed by atoms with Crippen molar-refractivity contribution < 1.29 is 9.53 Å². The summed E-state index contributed by atoms with van der Waals surface area (Å²) in [5.74, 6) is 0.328. The van der Waals surface area contributed by atoms with E-state index >= 15 is 0 Å². The second-order valence-corrected chi connectivity index (χ2v) is 8.59. The summed E-state index contributed by atoms with van der Waals surface area (Å²) in [7, 11) is 0. The number of unbranched alkanes of at least 4 members (excludes halogenated alkanes) is 2. The van der Waals surface area contributed by atoms with Crippen LogP contribution in [0.1, 0.15) is 31.2 Å². The van der Waals surface area contributed by atoms with Crippen LogP contribution in [0.5, 0.6) is 5.75 Å². The highest BCUT2D eigenvalue weighted by atomic mass is 79.9. The van der Waals surface area contributed by atoms with Crippen LogP contribution >= 0.6 is 31.9 Å². The zero-order chi connectivity index (χ0) is 23.9. The first-order chi connectivity index (χ1) is 15.2. The summed E-state index contributed by atoms with van der Waals surface area (Å²) in [4.78, 5) is 31.3. The molecule has 1 atom stereocenters. The molecule has 0 aromatic heterocycles. The number of nitrogens with one attached hydrogen (secondary N) is 1. The van der Waals surface area contributed by atoms with Gasteiger partial charge in [0, 0.05) is 26.1 Å². The third kappa shape index (κ3) is 11.3. The third-order valence-electron chi connectivity index (χ3n) is 4.19. The number of aliphatic imine (C=N–C) groups is 2. The second kappa shape index (κ2) is 15.4. The van der Waals surface area contributed by atoms with Crippen molar-refractivity contribution in [1.29, 1.82) is 0 Å². The minimum absolute atomic E-state index is 0.0378. The number of ether oxygens (including phenoxy) is 1. The fourth-order valence-electron chi connectivity index (χ4n) is 2.64. The van der Waals surface area contributed by atoms with Gasteiger partial charge in [-0.15, -0.1) is 4.91 Å². The zero-order valence-electron chi connectivity index (χ0n) is 17.7. The van der Waals surface area contributed by atoms with Gasteiger partial charge in [0.1, 0.15) is 5.75 Å². The molecule has 1 aromatic rings. The summed E-state index contributed by atoms with van der Waals surface area (Å²) in [6.07, 6.45) is 3.14. The van der Waals surface area contributed by atoms with Crippen LogP contribution in [0, 0.1) is 4.91 Å². The van der Waals surface area contributed by atoms with Crippen molar-refractivity contribution in [2.75, 3.05) is 26.2 Å². The van der Waals surface area contributed by atoms with E-state index in [9.17, 15) is 9.70 Å². The summed E-state index contributed by atoms with van der Waals surface area (Å²) in [5, 5.41) is 5.70. The van der Waals surface area contributed by atoms with Gasteiger partial charge in [0.25, 0.3) is 0 Å². The molecule has 1 amide bonds. The van der Waals surface area contributed by atoms with Gasteiger partial charge in [-0.05, 0) is 75.2 Å². The molecule has 0 aliphatic heterocycles. The lowest BCUT2D eigenvalue weighted by Gasteiger charge is -2.14. The smallest absolute Gasteiger partial charge is 0.248 e. The third-order valence-corrected chi connectivity index (χ3v) is 5.37. The van der Waals surface area contributed by atoms with E-state index in [4.69, 9.17) is 27.7 Å². The molecule has 0 heterocycles. The number of guanidine groups is 2. The number of nitrogens with two attached hydrogens (primary N) is 4. The molecule has 1 rings (SSSR count). The van der Waals surface area contributed by atoms with Crippen LogP contribution in [-0.4, -0.2) is 50.1 Å². The quantitative estimate of drug-likeness (QED) is 0.0899. The molecule has 178 valence electrons. The Morgan fingerprint density at radius 3 is 2.06 bits per heavy atom. The van der Waals surface area contributed by atoms with Crippen molar-refractivity contribution in [3.8, 4) is 5.75 Å². The van der Waals surface area contributed by atoms with Crippen molar-refractivity contribution in [2.45, 2.75) is 38.1 Å². The largest absolute Gasteiger partial charge is 0.491 e. The van der Waals surface area contributed by atoms with E-state index in [0.717, 1.165) is 18.4 Å². The minimum atomic E-state index is -1.03. The summed E-state index contributed by atoms with van der Waals surface area (Å²) < 4.78 is 7.22. The lowest BCUT2D eigenvalue weighted by molar-refractivity contribution is -0.122. The monoisotopic (exact) mass is 576 g/mol. The van der Waals surface area contributed by atoms with Crippen molar-refractivity contribution in [3.05, 3.63) is 31.5 Å². The first-order valence-electron chi connectivity index (χ1n) is 10.1. The number of amides is 1. The minimum Gasteiger partial charge on any atom is -0.491 e. The molecule has 32 heavy (non-hydrogen) atoms. The van der Waals surface area contributed by atoms with E-state index in [1.807, 2.05) is 0 Å². The highest BCUT2D eigenvalue weighted by Gasteiger charge is 2.21. The van der Waals surface area contributed by atoms with Crippen molar-refractivity contribution in [3.63, 3.8) is 0 Å². The Kier molecular flexibility index (Phi) is 13.3. The summed E-state index contributed by atoms with van der Waals surface area (Å²) in [6, 6.07) is 2.58. The SMILES string of the molecule is NC(N)=NCCCCNC(=O)C(Cc1cc(Br)c(OCCCCN=C(N)N)c(Br)c1)N=O. The van der Waals surface area contributed by atoms with Crippen molar-refractivity contribution in [2.24, 2.45) is 38.1 Å². The molecular formula is C19H30Br2N8O3. The number of nitroso groups, excluding NO2 is 1. The maximum absolute atomic E-state index is 12.3. The lowest BCUT2D eigenvalue weighted by Crippen LogP contribution is -2.35. The summed E-state index contributed by atoms with van der Waals surface area (Å²) in [6.45, 7) is 1.93. The Morgan fingerprint density at radius 2 is 1.53 bits per heavy atom. The lowest BCUT2D eigenvalue weighted by atomic mass is 10.1. The highest BCUT2D eigenvalue weighted by molar-refractivity contribution is 9.11. The number of nitrogens with zero attached hydrogens (tertiary/aromatic N) is 3. The Labute approximate surface area is 204 Å². The Bertz CT molecular complexity index is 789. The van der Waals surface area contributed by atoms with Gasteiger partial charge in [-0.25, -0.2) is 0 Å². The summed E-state index contributed by atoms with van der Waals surface area (Å²) >= 11 is 6.95. The Balaban J connectivity index is 2.53. The maximum Gasteiger partial charge on any atom is 0.248 e. The van der Waals surface area contributed by atoms with E-state index < -0.39 is 11.9 Å². The number of halogens is 2. The van der Waals surface area contributed by atoms with Crippen LogP contribution < -0.4 is 33.0 Å². The molecular weight excluding hydrogens is 548 g/mol. The molecule has 13 heteroatoms. The number of carbonyl (C=O) groups excluding carboxylic acids is 1. The van der Waals surface area contributed by atoms with E-state index in [0.29, 0.717) is 53.8 Å². The molecule has 0 radical (unpaired) electrons. The van der Waals surface area contributed by atoms with Gasteiger partial charge < -0.3 is 33.0 Å². The first kappa shape index (κ1) is 27.6. The Morgan fingerprint density at radius 1 is 0.969 bits per heavy atom. The number of rotatable bonds is 15. The van der Waals surface area contributed by atoms with Crippen molar-refractivity contribution >= 4 is 49.7 Å². The average Bonchev–Trinajstić information content (AvgIpc) is 2.72. The van der Waals surface area contributed by atoms with Gasteiger partial charge in [-0.2, -0.15) is 0 Å². The van der Waals surface area contributed by atoms with Crippen LogP contribution in [0.2, 0.25) is 0 Å². The van der Waals surface area contributed by atoms with E-state index in [2.05, 4.69) is 52.3 Å². The van der Waals surface area contributed by atoms with Crippen molar-refractivity contribution in [1.82, 2.24) is 5.32 Å². The van der Waals surface area contributed by atoms with Crippen LogP contribution in [0.4, 0.5) is 0 Å². The number of benzene rings is 1. The highest BCUT2D eigenvalue weighted by Crippen LogP contribution is 2.35. The predicted octanol–water partition coefficient (Wildman–Crippen LogP) is 1.49. The molecule has 0 saturated heterocycles. The standard InChI is InChI=1S/C19H30Br2N8O3/c20-13-9-12(10-14(21)16(13)32-8-4-3-7-28-19(24)25)11-15(29-31)17(30)26-5-1-2-6-27-18(22)23/h9-10,15H,1-8,11H2,(H,26,30)(H4,22,23,27)(H4,24,25,28). The zero-order valence-corrected chi connectivity index (χ0v) is 20.9. The number of carbonyl (C=O) groups is 1. The average molecular weight is 578 g/mol. The van der Waals surface area contributed by atoms with E-state index in [-0.39, 0.29) is 18.3 Å². The molecule has 0 bridgehead atoms. The molecule has 0 aliphatic rings. The summed E-state index contributed by atoms with van der Waals surface area (Å²) in [5.41, 5.74) is 21.8. The Hall–Kier alpha value is -2.41. The number of hydrogen-bond acceptors (Lipinski definition) is 6. The van der Waals surface area contributed by atoms with Gasteiger partial charge in [-0.1, -0.05) is 5.18 Å².